The van der Waals surface area contributed by atoms with Gasteiger partial charge in [0.15, 0.2) is 0 Å². The molecule has 0 spiro atoms. The highest BCUT2D eigenvalue weighted by molar-refractivity contribution is 5.30. The summed E-state index contributed by atoms with van der Waals surface area (Å²) in [6.45, 7) is 9.63. The molecule has 19 heavy (non-hydrogen) atoms. The molecular weight excluding hydrogens is 232 g/mol. The molecule has 0 radical (unpaired) electrons. The van der Waals surface area contributed by atoms with E-state index < -0.39 is 0 Å². The van der Waals surface area contributed by atoms with Crippen molar-refractivity contribution in [3.05, 3.63) is 35.4 Å². The Bertz CT molecular complexity index is 419. The summed E-state index contributed by atoms with van der Waals surface area (Å²) in [6.07, 6.45) is 3.88. The van der Waals surface area contributed by atoms with Crippen LogP contribution in [-0.2, 0) is 12.8 Å². The van der Waals surface area contributed by atoms with Crippen LogP contribution in [0.1, 0.15) is 31.4 Å². The second kappa shape index (κ2) is 5.64. The fraction of sp³-hybridized carbons (Fsp3) is 0.647. The summed E-state index contributed by atoms with van der Waals surface area (Å²) in [4.78, 5) is 5.34. The zero-order valence-corrected chi connectivity index (χ0v) is 12.3. The van der Waals surface area contributed by atoms with Gasteiger partial charge in [-0.15, -0.1) is 0 Å². The summed E-state index contributed by atoms with van der Waals surface area (Å²) >= 11 is 0. The summed E-state index contributed by atoms with van der Waals surface area (Å²) in [5.41, 5.74) is 3.17. The first kappa shape index (κ1) is 13.1. The Morgan fingerprint density at radius 1 is 1.00 bits per heavy atom. The Morgan fingerprint density at radius 2 is 1.68 bits per heavy atom. The van der Waals surface area contributed by atoms with Gasteiger partial charge in [0.05, 0.1) is 0 Å². The Kier molecular flexibility index (Phi) is 3.90. The summed E-state index contributed by atoms with van der Waals surface area (Å²) in [5.74, 6) is 0. The van der Waals surface area contributed by atoms with Crippen molar-refractivity contribution in [2.45, 2.75) is 45.2 Å². The van der Waals surface area contributed by atoms with Gasteiger partial charge in [0.25, 0.3) is 0 Å². The molecule has 2 aliphatic rings. The molecule has 1 aliphatic heterocycles. The molecule has 1 aromatic rings. The number of rotatable bonds is 2. The molecule has 1 atom stereocenters. The molecular formula is C17H26N2. The number of hydrogen-bond donors (Lipinski definition) is 0. The molecule has 0 N–H and O–H groups in total. The highest BCUT2D eigenvalue weighted by atomic mass is 15.3. The maximum absolute atomic E-state index is 2.73. The Morgan fingerprint density at radius 3 is 2.37 bits per heavy atom. The van der Waals surface area contributed by atoms with Crippen molar-refractivity contribution in [1.82, 2.24) is 9.80 Å². The first-order valence-corrected chi connectivity index (χ1v) is 7.79. The zero-order chi connectivity index (χ0) is 13.2. The molecule has 1 saturated heterocycles. The van der Waals surface area contributed by atoms with E-state index in [-0.39, 0.29) is 0 Å². The van der Waals surface area contributed by atoms with Gasteiger partial charge >= 0.3 is 0 Å². The van der Waals surface area contributed by atoms with Gasteiger partial charge in [-0.3, -0.25) is 9.80 Å². The van der Waals surface area contributed by atoms with Gasteiger partial charge in [-0.2, -0.15) is 0 Å². The zero-order valence-electron chi connectivity index (χ0n) is 12.3. The third kappa shape index (κ3) is 2.85. The third-order valence-corrected chi connectivity index (χ3v) is 4.92. The molecule has 0 saturated carbocycles. The van der Waals surface area contributed by atoms with Gasteiger partial charge in [-0.1, -0.05) is 24.3 Å². The van der Waals surface area contributed by atoms with E-state index in [4.69, 9.17) is 0 Å². The standard InChI is InChI=1S/C17H26N2/c1-14(2)18-9-11-19(12-10-18)17-8-7-15-5-3-4-6-16(15)13-17/h3-6,14,17H,7-13H2,1-2H3. The number of nitrogens with zero attached hydrogens (tertiary/aromatic N) is 2. The van der Waals surface area contributed by atoms with Crippen molar-refractivity contribution >= 4 is 0 Å². The molecule has 0 amide bonds. The molecule has 2 nitrogen and oxygen atoms in total. The fourth-order valence-electron chi connectivity index (χ4n) is 3.61. The predicted octanol–water partition coefficient (Wildman–Crippen LogP) is 2.57. The molecule has 0 aromatic heterocycles. The highest BCUT2D eigenvalue weighted by Gasteiger charge is 2.27. The molecule has 0 bridgehead atoms. The van der Waals surface area contributed by atoms with Crippen LogP contribution in [0.2, 0.25) is 0 Å². The van der Waals surface area contributed by atoms with Crippen molar-refractivity contribution in [1.29, 1.82) is 0 Å². The number of fused-ring (bicyclic) bond motifs is 1. The van der Waals surface area contributed by atoms with Crippen LogP contribution in [-0.4, -0.2) is 48.1 Å². The van der Waals surface area contributed by atoms with Crippen LogP contribution in [0.3, 0.4) is 0 Å². The second-order valence-electron chi connectivity index (χ2n) is 6.33. The summed E-state index contributed by atoms with van der Waals surface area (Å²) < 4.78 is 0. The van der Waals surface area contributed by atoms with Gasteiger partial charge in [-0.05, 0) is 44.2 Å². The maximum Gasteiger partial charge on any atom is 0.0140 e. The van der Waals surface area contributed by atoms with Crippen LogP contribution in [0, 0.1) is 0 Å². The van der Waals surface area contributed by atoms with E-state index in [9.17, 15) is 0 Å². The average Bonchev–Trinajstić information content (AvgIpc) is 2.47. The first-order chi connectivity index (χ1) is 9.24. The third-order valence-electron chi connectivity index (χ3n) is 4.92. The SMILES string of the molecule is CC(C)N1CCN(C2CCc3ccccc3C2)CC1. The van der Waals surface area contributed by atoms with E-state index in [1.807, 2.05) is 0 Å². The van der Waals surface area contributed by atoms with E-state index in [1.54, 1.807) is 11.1 Å². The number of benzene rings is 1. The second-order valence-corrected chi connectivity index (χ2v) is 6.33. The van der Waals surface area contributed by atoms with E-state index in [2.05, 4.69) is 47.9 Å². The van der Waals surface area contributed by atoms with Gasteiger partial charge < -0.3 is 0 Å². The lowest BCUT2D eigenvalue weighted by Crippen LogP contribution is -2.53. The molecule has 1 fully saturated rings. The Hall–Kier alpha value is -0.860. The summed E-state index contributed by atoms with van der Waals surface area (Å²) in [5, 5.41) is 0. The minimum atomic E-state index is 0.703. The number of aryl methyl sites for hydroxylation is 1. The van der Waals surface area contributed by atoms with E-state index in [1.165, 1.54) is 45.4 Å². The van der Waals surface area contributed by atoms with Gasteiger partial charge in [0.1, 0.15) is 0 Å². The van der Waals surface area contributed by atoms with E-state index >= 15 is 0 Å². The van der Waals surface area contributed by atoms with Crippen molar-refractivity contribution in [3.63, 3.8) is 0 Å². The minimum Gasteiger partial charge on any atom is -0.298 e. The number of hydrogen-bond acceptors (Lipinski definition) is 2. The Labute approximate surface area is 117 Å². The molecule has 104 valence electrons. The van der Waals surface area contributed by atoms with Crippen molar-refractivity contribution < 1.29 is 0 Å². The summed E-state index contributed by atoms with van der Waals surface area (Å²) in [6, 6.07) is 10.5. The molecule has 1 heterocycles. The fourth-order valence-corrected chi connectivity index (χ4v) is 3.61. The van der Waals surface area contributed by atoms with Crippen LogP contribution < -0.4 is 0 Å². The van der Waals surface area contributed by atoms with Gasteiger partial charge in [-0.25, -0.2) is 0 Å². The highest BCUT2D eigenvalue weighted by Crippen LogP contribution is 2.25. The van der Waals surface area contributed by atoms with Crippen LogP contribution in [0.25, 0.3) is 0 Å². The van der Waals surface area contributed by atoms with Crippen LogP contribution >= 0.6 is 0 Å². The van der Waals surface area contributed by atoms with Crippen LogP contribution in [0.4, 0.5) is 0 Å². The minimum absolute atomic E-state index is 0.703. The van der Waals surface area contributed by atoms with E-state index in [0.717, 1.165) is 6.04 Å². The smallest absolute Gasteiger partial charge is 0.0140 e. The molecule has 1 aliphatic carbocycles. The molecule has 3 rings (SSSR count). The predicted molar refractivity (Wildman–Crippen MR) is 80.5 cm³/mol. The van der Waals surface area contributed by atoms with Crippen molar-refractivity contribution in [2.75, 3.05) is 26.2 Å². The van der Waals surface area contributed by atoms with Crippen LogP contribution in [0.5, 0.6) is 0 Å². The molecule has 1 aromatic carbocycles. The van der Waals surface area contributed by atoms with E-state index in [0.29, 0.717) is 6.04 Å². The lowest BCUT2D eigenvalue weighted by atomic mass is 9.87. The first-order valence-electron chi connectivity index (χ1n) is 7.79. The van der Waals surface area contributed by atoms with Crippen molar-refractivity contribution in [2.24, 2.45) is 0 Å². The van der Waals surface area contributed by atoms with Crippen LogP contribution in [0.15, 0.2) is 24.3 Å². The van der Waals surface area contributed by atoms with Gasteiger partial charge in [0, 0.05) is 38.3 Å². The number of piperazine rings is 1. The lowest BCUT2D eigenvalue weighted by Gasteiger charge is -2.42. The molecule has 1 unspecified atom stereocenters. The normalized spacial score (nSPS) is 25.5. The lowest BCUT2D eigenvalue weighted by molar-refractivity contribution is 0.0730. The summed E-state index contributed by atoms with van der Waals surface area (Å²) in [7, 11) is 0. The van der Waals surface area contributed by atoms with Gasteiger partial charge in [0.2, 0.25) is 0 Å². The Balaban J connectivity index is 1.60. The van der Waals surface area contributed by atoms with Crippen molar-refractivity contribution in [3.8, 4) is 0 Å². The monoisotopic (exact) mass is 258 g/mol. The quantitative estimate of drug-likeness (QED) is 0.804. The average molecular weight is 258 g/mol. The topological polar surface area (TPSA) is 6.48 Å². The largest absolute Gasteiger partial charge is 0.298 e. The maximum atomic E-state index is 2.73. The molecule has 2 heteroatoms.